The number of carbonyl (C=O) groups excluding carboxylic acids is 1. The molecule has 0 aromatic rings. The van der Waals surface area contributed by atoms with Crippen LogP contribution in [0, 0.1) is 23.2 Å². The van der Waals surface area contributed by atoms with Crippen LogP contribution in [0.5, 0.6) is 0 Å². The van der Waals surface area contributed by atoms with Gasteiger partial charge in [-0.3, -0.25) is 4.79 Å². The van der Waals surface area contributed by atoms with E-state index in [9.17, 15) is 4.79 Å². The Bertz CT molecular complexity index is 291. The van der Waals surface area contributed by atoms with Gasteiger partial charge in [0.15, 0.2) is 0 Å². The van der Waals surface area contributed by atoms with Crippen LogP contribution in [0.3, 0.4) is 0 Å². The summed E-state index contributed by atoms with van der Waals surface area (Å²) in [6.45, 7) is 2.38. The maximum absolute atomic E-state index is 11.7. The van der Waals surface area contributed by atoms with Gasteiger partial charge in [-0.1, -0.05) is 19.1 Å². The molecule has 2 saturated carbocycles. The van der Waals surface area contributed by atoms with Gasteiger partial charge in [-0.2, -0.15) is 0 Å². The minimum atomic E-state index is 0.416. The first-order valence-corrected chi connectivity index (χ1v) is 5.40. The third-order valence-electron chi connectivity index (χ3n) is 4.58. The third-order valence-corrected chi connectivity index (χ3v) is 4.58. The molecule has 0 aromatic carbocycles. The van der Waals surface area contributed by atoms with E-state index in [2.05, 4.69) is 19.1 Å². The van der Waals surface area contributed by atoms with Crippen LogP contribution < -0.4 is 0 Å². The maximum atomic E-state index is 11.7. The Balaban J connectivity index is 2.03. The van der Waals surface area contributed by atoms with Crippen molar-refractivity contribution in [3.8, 4) is 0 Å². The predicted octanol–water partition coefficient (Wildman–Crippen LogP) is 2.57. The lowest BCUT2D eigenvalue weighted by Crippen LogP contribution is -2.26. The van der Waals surface area contributed by atoms with Crippen molar-refractivity contribution < 1.29 is 4.79 Å². The summed E-state index contributed by atoms with van der Waals surface area (Å²) < 4.78 is 0. The van der Waals surface area contributed by atoms with Gasteiger partial charge < -0.3 is 0 Å². The zero-order valence-corrected chi connectivity index (χ0v) is 8.12. The van der Waals surface area contributed by atoms with Crippen molar-refractivity contribution in [3.63, 3.8) is 0 Å². The van der Waals surface area contributed by atoms with Gasteiger partial charge in [-0.05, 0) is 36.5 Å². The minimum absolute atomic E-state index is 0.416. The highest BCUT2D eigenvalue weighted by Crippen LogP contribution is 2.59. The van der Waals surface area contributed by atoms with Gasteiger partial charge in [0, 0.05) is 12.3 Å². The second kappa shape index (κ2) is 2.26. The van der Waals surface area contributed by atoms with Crippen molar-refractivity contribution in [2.75, 3.05) is 0 Å². The zero-order valence-electron chi connectivity index (χ0n) is 8.12. The van der Waals surface area contributed by atoms with E-state index < -0.39 is 0 Å². The summed E-state index contributed by atoms with van der Waals surface area (Å²) in [6.07, 6.45) is 8.99. The van der Waals surface area contributed by atoms with E-state index >= 15 is 0 Å². The fraction of sp³-hybridized carbons (Fsp3) is 0.750. The Hall–Kier alpha value is -0.590. The molecule has 70 valence electrons. The standard InChI is InChI=1S/C12H16O/c1-12-6-5-11(13)9(7-12)8-3-2-4-10(8)12/h2,4,8-10H,3,5-7H2,1H3/t8-,9+,10-,12-/m0/s1. The maximum Gasteiger partial charge on any atom is 0.136 e. The molecule has 0 radical (unpaired) electrons. The largest absolute Gasteiger partial charge is 0.299 e. The van der Waals surface area contributed by atoms with Crippen LogP contribution in [-0.4, -0.2) is 5.78 Å². The minimum Gasteiger partial charge on any atom is -0.299 e. The molecule has 3 rings (SSSR count). The summed E-state index contributed by atoms with van der Waals surface area (Å²) in [7, 11) is 0. The second-order valence-electron chi connectivity index (χ2n) is 5.28. The van der Waals surface area contributed by atoms with Gasteiger partial charge in [0.05, 0.1) is 0 Å². The Kier molecular flexibility index (Phi) is 1.35. The molecule has 3 aliphatic carbocycles. The zero-order chi connectivity index (χ0) is 9.05. The predicted molar refractivity (Wildman–Crippen MR) is 51.2 cm³/mol. The Morgan fingerprint density at radius 1 is 1.54 bits per heavy atom. The molecule has 0 N–H and O–H groups in total. The van der Waals surface area contributed by atoms with Crippen LogP contribution in [0.4, 0.5) is 0 Å². The highest BCUT2D eigenvalue weighted by atomic mass is 16.1. The quantitative estimate of drug-likeness (QED) is 0.518. The van der Waals surface area contributed by atoms with E-state index in [1.807, 2.05) is 0 Å². The number of fused-ring (bicyclic) bond motifs is 5. The molecule has 4 atom stereocenters. The van der Waals surface area contributed by atoms with Gasteiger partial charge in [0.25, 0.3) is 0 Å². The average Bonchev–Trinajstić information content (AvgIpc) is 2.63. The van der Waals surface area contributed by atoms with Gasteiger partial charge >= 0.3 is 0 Å². The van der Waals surface area contributed by atoms with Crippen LogP contribution in [0.1, 0.15) is 32.6 Å². The monoisotopic (exact) mass is 176 g/mol. The molecular weight excluding hydrogens is 160 g/mol. The molecule has 1 heteroatoms. The van der Waals surface area contributed by atoms with Gasteiger partial charge in [0.2, 0.25) is 0 Å². The normalized spacial score (nSPS) is 52.7. The van der Waals surface area contributed by atoms with Crippen LogP contribution in [0.2, 0.25) is 0 Å². The summed E-state index contributed by atoms with van der Waals surface area (Å²) >= 11 is 0. The Morgan fingerprint density at radius 3 is 3.23 bits per heavy atom. The van der Waals surface area contributed by atoms with E-state index in [-0.39, 0.29) is 0 Å². The first-order valence-electron chi connectivity index (χ1n) is 5.40. The number of carbonyl (C=O) groups is 1. The molecule has 2 fully saturated rings. The van der Waals surface area contributed by atoms with Crippen molar-refractivity contribution >= 4 is 5.78 Å². The van der Waals surface area contributed by atoms with E-state index in [0.717, 1.165) is 25.2 Å². The topological polar surface area (TPSA) is 17.1 Å². The highest BCUT2D eigenvalue weighted by Gasteiger charge is 2.55. The molecule has 0 aliphatic heterocycles. The summed E-state index contributed by atoms with van der Waals surface area (Å²) in [6, 6.07) is 0. The Labute approximate surface area is 79.2 Å². The molecule has 0 aromatic heterocycles. The van der Waals surface area contributed by atoms with E-state index in [4.69, 9.17) is 0 Å². The summed E-state index contributed by atoms with van der Waals surface area (Å²) in [5.74, 6) is 2.37. The van der Waals surface area contributed by atoms with E-state index in [0.29, 0.717) is 23.0 Å². The number of hydrogen-bond acceptors (Lipinski definition) is 1. The van der Waals surface area contributed by atoms with Crippen molar-refractivity contribution in [1.82, 2.24) is 0 Å². The molecule has 13 heavy (non-hydrogen) atoms. The van der Waals surface area contributed by atoms with Crippen molar-refractivity contribution in [1.29, 1.82) is 0 Å². The van der Waals surface area contributed by atoms with E-state index in [1.54, 1.807) is 0 Å². The first-order chi connectivity index (χ1) is 6.21. The van der Waals surface area contributed by atoms with Crippen molar-refractivity contribution in [3.05, 3.63) is 12.2 Å². The van der Waals surface area contributed by atoms with Gasteiger partial charge in [-0.25, -0.2) is 0 Å². The molecule has 0 heterocycles. The van der Waals surface area contributed by atoms with Crippen LogP contribution in [0.25, 0.3) is 0 Å². The second-order valence-corrected chi connectivity index (χ2v) is 5.28. The molecule has 1 nitrogen and oxygen atoms in total. The fourth-order valence-electron chi connectivity index (χ4n) is 3.84. The lowest BCUT2D eigenvalue weighted by Gasteiger charge is -2.31. The van der Waals surface area contributed by atoms with E-state index in [1.165, 1.54) is 6.42 Å². The summed E-state index contributed by atoms with van der Waals surface area (Å²) in [5.41, 5.74) is 0.468. The Morgan fingerprint density at radius 2 is 2.38 bits per heavy atom. The third kappa shape index (κ3) is 0.853. The number of hydrogen-bond donors (Lipinski definition) is 0. The van der Waals surface area contributed by atoms with Crippen LogP contribution in [-0.2, 0) is 4.79 Å². The lowest BCUT2D eigenvalue weighted by molar-refractivity contribution is -0.125. The van der Waals surface area contributed by atoms with Crippen molar-refractivity contribution in [2.24, 2.45) is 23.2 Å². The molecular formula is C12H16O. The molecule has 3 aliphatic rings. The molecule has 0 spiro atoms. The van der Waals surface area contributed by atoms with Crippen molar-refractivity contribution in [2.45, 2.75) is 32.6 Å². The average molecular weight is 176 g/mol. The number of ketones is 1. The van der Waals surface area contributed by atoms with Crippen LogP contribution >= 0.6 is 0 Å². The molecule has 2 bridgehead atoms. The molecule has 0 amide bonds. The first kappa shape index (κ1) is 7.78. The smallest absolute Gasteiger partial charge is 0.136 e. The molecule has 0 unspecified atom stereocenters. The fourth-order valence-corrected chi connectivity index (χ4v) is 3.84. The highest BCUT2D eigenvalue weighted by molar-refractivity contribution is 5.83. The van der Waals surface area contributed by atoms with Crippen LogP contribution in [0.15, 0.2) is 12.2 Å². The summed E-state index contributed by atoms with van der Waals surface area (Å²) in [4.78, 5) is 11.7. The molecule has 0 saturated heterocycles. The number of rotatable bonds is 0. The lowest BCUT2D eigenvalue weighted by atomic mass is 9.73. The SMILES string of the molecule is C[C@]12CCC(=O)[C@H](C1)[C@@H]1CC=C[C@@H]12. The van der Waals surface area contributed by atoms with Gasteiger partial charge in [0.1, 0.15) is 5.78 Å². The summed E-state index contributed by atoms with van der Waals surface area (Å²) in [5, 5.41) is 0. The number of Topliss-reactive ketones (excluding diaryl/α,β-unsaturated/α-hetero) is 1. The van der Waals surface area contributed by atoms with Gasteiger partial charge in [-0.15, -0.1) is 0 Å². The number of allylic oxidation sites excluding steroid dienone is 2.